The summed E-state index contributed by atoms with van der Waals surface area (Å²) in [4.78, 5) is 6.74. The fourth-order valence-electron chi connectivity index (χ4n) is 3.34. The van der Waals surface area contributed by atoms with E-state index in [4.69, 9.17) is 15.7 Å². The topological polar surface area (TPSA) is 133 Å². The zero-order valence-electron chi connectivity index (χ0n) is 16.0. The maximum absolute atomic E-state index is 9.84. The maximum Gasteiger partial charge on any atom is 0.158 e. The van der Waals surface area contributed by atoms with Gasteiger partial charge in [-0.2, -0.15) is 10.4 Å². The Hall–Kier alpha value is -3.48. The van der Waals surface area contributed by atoms with Gasteiger partial charge in [0.25, 0.3) is 0 Å². The van der Waals surface area contributed by atoms with Crippen LogP contribution in [0.5, 0.6) is 5.75 Å². The molecule has 2 aromatic heterocycles. The minimum atomic E-state index is -0.686. The Bertz CT molecular complexity index is 1090. The van der Waals surface area contributed by atoms with Crippen LogP contribution in [0.4, 0.5) is 11.6 Å². The molecule has 9 nitrogen and oxygen atoms in total. The molecule has 0 bridgehead atoms. The minimum absolute atomic E-state index is 0.0186. The van der Waals surface area contributed by atoms with Crippen LogP contribution in [0.25, 0.3) is 10.8 Å². The molecule has 3 heterocycles. The van der Waals surface area contributed by atoms with Crippen molar-refractivity contribution in [2.75, 3.05) is 36.5 Å². The Morgan fingerprint density at radius 3 is 2.76 bits per heavy atom. The fraction of sp³-hybridized carbons (Fsp3) is 0.300. The first kappa shape index (κ1) is 18.9. The number of pyridine rings is 1. The first-order valence-electron chi connectivity index (χ1n) is 9.27. The predicted molar refractivity (Wildman–Crippen MR) is 108 cm³/mol. The Morgan fingerprint density at radius 2 is 2.00 bits per heavy atom. The molecule has 29 heavy (non-hydrogen) atoms. The number of nitrogens with two attached hydrogens (primary N) is 1. The zero-order chi connectivity index (χ0) is 20.4. The number of phenolic OH excluding ortho intramolecular Hbond substituents is 1. The summed E-state index contributed by atoms with van der Waals surface area (Å²) in [5.41, 5.74) is 7.95. The van der Waals surface area contributed by atoms with E-state index in [1.165, 1.54) is 12.1 Å². The first-order valence-corrected chi connectivity index (χ1v) is 9.27. The van der Waals surface area contributed by atoms with Gasteiger partial charge in [0, 0.05) is 30.1 Å². The molecule has 3 aromatic rings. The number of nitrogens with one attached hydrogen (secondary N) is 1. The number of phenols is 1. The van der Waals surface area contributed by atoms with Crippen molar-refractivity contribution in [1.29, 1.82) is 5.26 Å². The van der Waals surface area contributed by atoms with Gasteiger partial charge in [0.05, 0.1) is 30.5 Å². The van der Waals surface area contributed by atoms with Gasteiger partial charge in [-0.25, -0.2) is 4.98 Å². The molecule has 1 aliphatic heterocycles. The predicted octanol–water partition coefficient (Wildman–Crippen LogP) is 1.82. The summed E-state index contributed by atoms with van der Waals surface area (Å²) in [6.45, 7) is 4.77. The molecule has 1 atom stereocenters. The van der Waals surface area contributed by atoms with Crippen LogP contribution in [0.1, 0.15) is 23.0 Å². The monoisotopic (exact) mass is 391 g/mol. The molecule has 0 saturated carbocycles. The summed E-state index contributed by atoms with van der Waals surface area (Å²) in [6, 6.07) is 8.52. The Kier molecular flexibility index (Phi) is 5.12. The number of anilines is 2. The van der Waals surface area contributed by atoms with E-state index in [0.717, 1.165) is 35.4 Å². The van der Waals surface area contributed by atoms with E-state index < -0.39 is 6.17 Å². The third-order valence-corrected chi connectivity index (χ3v) is 4.89. The molecule has 0 aliphatic carbocycles. The van der Waals surface area contributed by atoms with Gasteiger partial charge in [-0.1, -0.05) is 0 Å². The molecule has 1 fully saturated rings. The Balaban J connectivity index is 1.70. The van der Waals surface area contributed by atoms with Gasteiger partial charge in [-0.15, -0.1) is 5.10 Å². The lowest BCUT2D eigenvalue weighted by molar-refractivity contribution is 0.122. The lowest BCUT2D eigenvalue weighted by Crippen LogP contribution is -2.36. The molecular formula is C20H21N7O2. The molecule has 4 N–H and O–H groups in total. The number of nitriles is 1. The molecule has 0 amide bonds. The maximum atomic E-state index is 9.84. The number of hydrogen-bond acceptors (Lipinski definition) is 9. The summed E-state index contributed by atoms with van der Waals surface area (Å²) in [6.07, 6.45) is 1.11. The van der Waals surface area contributed by atoms with E-state index in [1.807, 2.05) is 19.1 Å². The fourth-order valence-corrected chi connectivity index (χ4v) is 3.34. The van der Waals surface area contributed by atoms with E-state index in [2.05, 4.69) is 25.4 Å². The molecule has 148 valence electrons. The van der Waals surface area contributed by atoms with Crippen LogP contribution in [-0.2, 0) is 4.74 Å². The van der Waals surface area contributed by atoms with E-state index in [0.29, 0.717) is 30.2 Å². The molecule has 0 spiro atoms. The molecule has 0 unspecified atom stereocenters. The van der Waals surface area contributed by atoms with Gasteiger partial charge in [-0.3, -0.25) is 0 Å². The highest BCUT2D eigenvalue weighted by molar-refractivity contribution is 5.94. The normalized spacial score (nSPS) is 15.1. The zero-order valence-corrected chi connectivity index (χ0v) is 16.0. The SMILES string of the molecule is Cc1nnc(N[C@H](N)c2cc(O)cc(C#N)c2)c2cc(N3CCOCC3)ncc12. The molecule has 0 radical (unpaired) electrons. The van der Waals surface area contributed by atoms with Gasteiger partial charge >= 0.3 is 0 Å². The highest BCUT2D eigenvalue weighted by Crippen LogP contribution is 2.28. The first-order chi connectivity index (χ1) is 14.0. The minimum Gasteiger partial charge on any atom is -0.508 e. The van der Waals surface area contributed by atoms with E-state index in [1.54, 1.807) is 12.3 Å². The van der Waals surface area contributed by atoms with Crippen molar-refractivity contribution in [2.24, 2.45) is 5.73 Å². The number of aryl methyl sites for hydroxylation is 1. The largest absolute Gasteiger partial charge is 0.508 e. The lowest BCUT2D eigenvalue weighted by Gasteiger charge is -2.28. The summed E-state index contributed by atoms with van der Waals surface area (Å²) in [5.74, 6) is 1.33. The van der Waals surface area contributed by atoms with E-state index in [9.17, 15) is 5.11 Å². The lowest BCUT2D eigenvalue weighted by atomic mass is 10.1. The van der Waals surface area contributed by atoms with Gasteiger partial charge in [0.2, 0.25) is 0 Å². The Labute approximate surface area is 167 Å². The van der Waals surface area contributed by atoms with Gasteiger partial charge in [0.1, 0.15) is 17.7 Å². The molecular weight excluding hydrogens is 370 g/mol. The number of benzene rings is 1. The van der Waals surface area contributed by atoms with Crippen molar-refractivity contribution in [3.63, 3.8) is 0 Å². The summed E-state index contributed by atoms with van der Waals surface area (Å²) in [7, 11) is 0. The molecule has 9 heteroatoms. The van der Waals surface area contributed by atoms with Crippen LogP contribution in [0.3, 0.4) is 0 Å². The van der Waals surface area contributed by atoms with Crippen molar-refractivity contribution in [2.45, 2.75) is 13.1 Å². The highest BCUT2D eigenvalue weighted by Gasteiger charge is 2.17. The summed E-state index contributed by atoms with van der Waals surface area (Å²) >= 11 is 0. The number of fused-ring (bicyclic) bond motifs is 1. The van der Waals surface area contributed by atoms with Crippen LogP contribution in [-0.4, -0.2) is 46.6 Å². The number of rotatable bonds is 4. The second kappa shape index (κ2) is 7.87. The van der Waals surface area contributed by atoms with Crippen LogP contribution < -0.4 is 16.0 Å². The van der Waals surface area contributed by atoms with Crippen molar-refractivity contribution < 1.29 is 9.84 Å². The number of aromatic hydroxyl groups is 1. The van der Waals surface area contributed by atoms with Crippen molar-refractivity contribution in [3.8, 4) is 11.8 Å². The molecule has 1 saturated heterocycles. The van der Waals surface area contributed by atoms with Gasteiger partial charge in [-0.05, 0) is 36.8 Å². The average molecular weight is 391 g/mol. The van der Waals surface area contributed by atoms with E-state index >= 15 is 0 Å². The van der Waals surface area contributed by atoms with Crippen molar-refractivity contribution in [1.82, 2.24) is 15.2 Å². The third-order valence-electron chi connectivity index (χ3n) is 4.89. The molecule has 1 aromatic carbocycles. The second-order valence-electron chi connectivity index (χ2n) is 6.87. The molecule has 4 rings (SSSR count). The van der Waals surface area contributed by atoms with Gasteiger partial charge < -0.3 is 25.8 Å². The van der Waals surface area contributed by atoms with Gasteiger partial charge in [0.15, 0.2) is 5.82 Å². The van der Waals surface area contributed by atoms with Crippen molar-refractivity contribution in [3.05, 3.63) is 47.3 Å². The smallest absolute Gasteiger partial charge is 0.158 e. The second-order valence-corrected chi connectivity index (χ2v) is 6.87. The number of ether oxygens (including phenoxy) is 1. The van der Waals surface area contributed by atoms with Crippen LogP contribution in [0.2, 0.25) is 0 Å². The quantitative estimate of drug-likeness (QED) is 0.569. The van der Waals surface area contributed by atoms with Crippen molar-refractivity contribution >= 4 is 22.4 Å². The van der Waals surface area contributed by atoms with E-state index in [-0.39, 0.29) is 5.75 Å². The number of hydrogen-bond donors (Lipinski definition) is 3. The highest BCUT2D eigenvalue weighted by atomic mass is 16.5. The number of morpholine rings is 1. The summed E-state index contributed by atoms with van der Waals surface area (Å²) in [5, 5.41) is 32.3. The number of aromatic nitrogens is 3. The summed E-state index contributed by atoms with van der Waals surface area (Å²) < 4.78 is 5.42. The Morgan fingerprint density at radius 1 is 1.21 bits per heavy atom. The van der Waals surface area contributed by atoms with Crippen LogP contribution in [0, 0.1) is 18.3 Å². The standard InChI is InChI=1S/C20H21N7O2/c1-12-17-11-23-18(27-2-4-29-5-3-27)9-16(17)20(26-25-12)24-19(22)14-6-13(10-21)7-15(28)8-14/h6-9,11,19,28H,2-5,22H2,1H3,(H,24,26)/t19-/m0/s1. The number of nitrogens with zero attached hydrogens (tertiary/aromatic N) is 5. The third kappa shape index (κ3) is 3.89. The average Bonchev–Trinajstić information content (AvgIpc) is 2.75. The van der Waals surface area contributed by atoms with Crippen LogP contribution in [0.15, 0.2) is 30.5 Å². The molecule has 1 aliphatic rings. The van der Waals surface area contributed by atoms with Crippen LogP contribution >= 0.6 is 0 Å².